The van der Waals surface area contributed by atoms with Gasteiger partial charge in [-0.2, -0.15) is 0 Å². The maximum Gasteiger partial charge on any atom is 0.196 e. The summed E-state index contributed by atoms with van der Waals surface area (Å²) >= 11 is 14.6. The van der Waals surface area contributed by atoms with E-state index >= 15 is 0 Å². The fourth-order valence-electron chi connectivity index (χ4n) is 2.54. The summed E-state index contributed by atoms with van der Waals surface area (Å²) in [7, 11) is 0. The molecule has 25 heavy (non-hydrogen) atoms. The highest BCUT2D eigenvalue weighted by Crippen LogP contribution is 2.41. The summed E-state index contributed by atoms with van der Waals surface area (Å²) in [6, 6.07) is 11.6. The van der Waals surface area contributed by atoms with Crippen LogP contribution in [0.1, 0.15) is 34.9 Å². The van der Waals surface area contributed by atoms with E-state index in [1.807, 2.05) is 30.3 Å². The van der Waals surface area contributed by atoms with Crippen molar-refractivity contribution in [3.8, 4) is 5.69 Å². The van der Waals surface area contributed by atoms with E-state index in [9.17, 15) is 4.79 Å². The number of nitrogens with zero attached hydrogens (tertiary/aromatic N) is 3. The second kappa shape index (κ2) is 7.11. The minimum absolute atomic E-state index is 0.0614. The van der Waals surface area contributed by atoms with E-state index < -0.39 is 0 Å². The predicted octanol–water partition coefficient (Wildman–Crippen LogP) is 5.49. The van der Waals surface area contributed by atoms with Crippen LogP contribution in [0.5, 0.6) is 0 Å². The molecule has 0 radical (unpaired) electrons. The first-order chi connectivity index (χ1) is 12.1. The molecule has 1 fully saturated rings. The van der Waals surface area contributed by atoms with E-state index in [4.69, 9.17) is 23.2 Å². The van der Waals surface area contributed by atoms with Crippen LogP contribution in [-0.4, -0.2) is 26.3 Å². The number of hydrogen-bond donors (Lipinski definition) is 0. The molecule has 4 rings (SSSR count). The van der Waals surface area contributed by atoms with Crippen molar-refractivity contribution in [2.45, 2.75) is 23.9 Å². The Kier molecular flexibility index (Phi) is 4.86. The van der Waals surface area contributed by atoms with Gasteiger partial charge in [-0.25, -0.2) is 0 Å². The molecule has 4 nitrogen and oxygen atoms in total. The molecular formula is C17H13Cl2N3OS2. The Morgan fingerprint density at radius 1 is 1.24 bits per heavy atom. The Bertz CT molecular complexity index is 919. The van der Waals surface area contributed by atoms with Crippen LogP contribution in [0.25, 0.3) is 5.69 Å². The summed E-state index contributed by atoms with van der Waals surface area (Å²) in [4.78, 5) is 12.4. The largest absolute Gasteiger partial charge is 0.293 e. The highest BCUT2D eigenvalue weighted by molar-refractivity contribution is 7.99. The minimum atomic E-state index is -0.0614. The zero-order valence-electron chi connectivity index (χ0n) is 13.0. The van der Waals surface area contributed by atoms with Crippen LogP contribution in [0, 0.1) is 0 Å². The predicted molar refractivity (Wildman–Crippen MR) is 103 cm³/mol. The fraction of sp³-hybridized carbons (Fsp3) is 0.235. The van der Waals surface area contributed by atoms with Gasteiger partial charge in [0, 0.05) is 17.2 Å². The second-order valence-electron chi connectivity index (χ2n) is 5.74. The van der Waals surface area contributed by atoms with Crippen molar-refractivity contribution in [2.24, 2.45) is 0 Å². The zero-order chi connectivity index (χ0) is 17.4. The normalized spacial score (nSPS) is 14.0. The third-order valence-corrected chi connectivity index (χ3v) is 6.32. The van der Waals surface area contributed by atoms with E-state index in [0.717, 1.165) is 29.5 Å². The Hall–Kier alpha value is -1.34. The van der Waals surface area contributed by atoms with Gasteiger partial charge in [-0.05, 0) is 31.0 Å². The number of thiophene rings is 1. The molecule has 3 aromatic rings. The summed E-state index contributed by atoms with van der Waals surface area (Å²) < 4.78 is 3.00. The topological polar surface area (TPSA) is 47.8 Å². The number of carbonyl (C=O) groups is 1. The lowest BCUT2D eigenvalue weighted by molar-refractivity contribution is 0.102. The summed E-state index contributed by atoms with van der Waals surface area (Å²) in [5, 5.41) is 9.40. The lowest BCUT2D eigenvalue weighted by Crippen LogP contribution is -2.05. The van der Waals surface area contributed by atoms with Gasteiger partial charge in [0.15, 0.2) is 10.9 Å². The van der Waals surface area contributed by atoms with Crippen LogP contribution in [0.2, 0.25) is 8.67 Å². The molecule has 1 aliphatic rings. The lowest BCUT2D eigenvalue weighted by atomic mass is 10.2. The van der Waals surface area contributed by atoms with Crippen LogP contribution in [0.3, 0.4) is 0 Å². The average Bonchev–Trinajstić information content (AvgIpc) is 3.28. The van der Waals surface area contributed by atoms with Crippen molar-refractivity contribution in [3.63, 3.8) is 0 Å². The molecule has 1 saturated carbocycles. The van der Waals surface area contributed by atoms with Gasteiger partial charge >= 0.3 is 0 Å². The molecule has 2 heterocycles. The van der Waals surface area contributed by atoms with Gasteiger partial charge in [0.25, 0.3) is 0 Å². The molecule has 0 spiro atoms. The molecule has 0 saturated heterocycles. The van der Waals surface area contributed by atoms with Crippen molar-refractivity contribution in [2.75, 3.05) is 5.75 Å². The van der Waals surface area contributed by atoms with Crippen molar-refractivity contribution in [3.05, 3.63) is 56.5 Å². The summed E-state index contributed by atoms with van der Waals surface area (Å²) in [6.07, 6.45) is 2.27. The molecule has 2 aromatic heterocycles. The first-order valence-electron chi connectivity index (χ1n) is 7.75. The van der Waals surface area contributed by atoms with Gasteiger partial charge in [0.05, 0.1) is 10.1 Å². The van der Waals surface area contributed by atoms with E-state index in [0.29, 0.717) is 20.2 Å². The Morgan fingerprint density at radius 3 is 2.64 bits per heavy atom. The first-order valence-corrected chi connectivity index (χ1v) is 10.3. The van der Waals surface area contributed by atoms with E-state index in [1.54, 1.807) is 6.07 Å². The van der Waals surface area contributed by atoms with Crippen molar-refractivity contribution in [1.82, 2.24) is 14.8 Å². The number of benzene rings is 1. The number of halogens is 2. The summed E-state index contributed by atoms with van der Waals surface area (Å²) in [5.74, 6) is 1.61. The van der Waals surface area contributed by atoms with Crippen LogP contribution < -0.4 is 0 Å². The summed E-state index contributed by atoms with van der Waals surface area (Å²) in [5.41, 5.74) is 1.48. The molecule has 0 amide bonds. The van der Waals surface area contributed by atoms with Gasteiger partial charge < -0.3 is 0 Å². The molecule has 128 valence electrons. The first kappa shape index (κ1) is 17.1. The maximum absolute atomic E-state index is 12.4. The number of rotatable bonds is 6. The van der Waals surface area contributed by atoms with Crippen LogP contribution in [0.4, 0.5) is 0 Å². The Balaban J connectivity index is 1.59. The van der Waals surface area contributed by atoms with Gasteiger partial charge in [0.1, 0.15) is 10.2 Å². The zero-order valence-corrected chi connectivity index (χ0v) is 16.1. The van der Waals surface area contributed by atoms with Crippen molar-refractivity contribution < 1.29 is 4.79 Å². The third-order valence-electron chi connectivity index (χ3n) is 3.90. The van der Waals surface area contributed by atoms with Gasteiger partial charge in [-0.3, -0.25) is 9.36 Å². The smallest absolute Gasteiger partial charge is 0.196 e. The number of ketones is 1. The fourth-order valence-corrected chi connectivity index (χ4v) is 4.88. The Morgan fingerprint density at radius 2 is 2.00 bits per heavy atom. The molecule has 0 atom stereocenters. The van der Waals surface area contributed by atoms with Crippen LogP contribution in [-0.2, 0) is 0 Å². The molecule has 1 aliphatic carbocycles. The van der Waals surface area contributed by atoms with Crippen LogP contribution in [0.15, 0.2) is 41.6 Å². The Labute approximate surface area is 163 Å². The monoisotopic (exact) mass is 409 g/mol. The lowest BCUT2D eigenvalue weighted by Gasteiger charge is -2.09. The molecule has 0 N–H and O–H groups in total. The van der Waals surface area contributed by atoms with Gasteiger partial charge in [0.2, 0.25) is 0 Å². The third kappa shape index (κ3) is 3.62. The average molecular weight is 410 g/mol. The van der Waals surface area contributed by atoms with Gasteiger partial charge in [-0.15, -0.1) is 21.5 Å². The number of aromatic nitrogens is 3. The standard InChI is InChI=1S/C17H13Cl2N3OS2/c18-14-8-12(15(19)25-14)13(23)9-24-17-21-20-16(10-6-7-10)22(17)11-4-2-1-3-5-11/h1-5,8,10H,6-7,9H2. The highest BCUT2D eigenvalue weighted by Gasteiger charge is 2.31. The van der Waals surface area contributed by atoms with E-state index in [-0.39, 0.29) is 11.5 Å². The number of thioether (sulfide) groups is 1. The number of Topliss-reactive ketones (excluding diaryl/α,β-unsaturated/α-hetero) is 1. The molecule has 1 aromatic carbocycles. The number of carbonyl (C=O) groups excluding carboxylic acids is 1. The quantitative estimate of drug-likeness (QED) is 0.398. The molecular weight excluding hydrogens is 397 g/mol. The number of para-hydroxylation sites is 1. The highest BCUT2D eigenvalue weighted by atomic mass is 35.5. The van der Waals surface area contributed by atoms with Crippen molar-refractivity contribution >= 4 is 52.1 Å². The molecule has 0 bridgehead atoms. The number of hydrogen-bond acceptors (Lipinski definition) is 5. The molecule has 0 unspecified atom stereocenters. The van der Waals surface area contributed by atoms with Crippen LogP contribution >= 0.6 is 46.3 Å². The van der Waals surface area contributed by atoms with Gasteiger partial charge in [-0.1, -0.05) is 53.2 Å². The molecule has 0 aliphatic heterocycles. The summed E-state index contributed by atoms with van der Waals surface area (Å²) in [6.45, 7) is 0. The van der Waals surface area contributed by atoms with E-state index in [1.165, 1.54) is 23.1 Å². The van der Waals surface area contributed by atoms with Crippen molar-refractivity contribution in [1.29, 1.82) is 0 Å². The molecule has 8 heteroatoms. The SMILES string of the molecule is O=C(CSc1nnc(C2CC2)n1-c1ccccc1)c1cc(Cl)sc1Cl. The maximum atomic E-state index is 12.4. The minimum Gasteiger partial charge on any atom is -0.293 e. The second-order valence-corrected chi connectivity index (χ2v) is 8.96. The van der Waals surface area contributed by atoms with E-state index in [2.05, 4.69) is 14.8 Å².